The Hall–Kier alpha value is -1.71. The number of carbonyl (C=O) groups is 1. The van der Waals surface area contributed by atoms with Gasteiger partial charge in [-0.2, -0.15) is 0 Å². The van der Waals surface area contributed by atoms with Crippen LogP contribution in [-0.4, -0.2) is 19.1 Å². The minimum absolute atomic E-state index is 0.286. The highest BCUT2D eigenvalue weighted by molar-refractivity contribution is 5.76. The molecule has 0 saturated heterocycles. The lowest BCUT2D eigenvalue weighted by Crippen LogP contribution is -2.25. The Morgan fingerprint density at radius 2 is 1.75 bits per heavy atom. The van der Waals surface area contributed by atoms with Crippen LogP contribution >= 0.6 is 0 Å². The van der Waals surface area contributed by atoms with Gasteiger partial charge in [-0.1, -0.05) is 6.92 Å². The summed E-state index contributed by atoms with van der Waals surface area (Å²) in [7, 11) is 0. The summed E-state index contributed by atoms with van der Waals surface area (Å²) in [5, 5.41) is 0. The number of nitrogens with two attached hydrogens (primary N) is 1. The summed E-state index contributed by atoms with van der Waals surface area (Å²) in [5.41, 5.74) is 5.12. The smallest absolute Gasteiger partial charge is 0.223 e. The number of hydrogen-bond acceptors (Lipinski definition) is 3. The zero-order valence-electron chi connectivity index (χ0n) is 9.60. The molecule has 1 aromatic carbocycles. The zero-order chi connectivity index (χ0) is 12.0. The van der Waals surface area contributed by atoms with Crippen molar-refractivity contribution in [3.63, 3.8) is 0 Å². The first-order valence-corrected chi connectivity index (χ1v) is 5.28. The molecule has 0 radical (unpaired) electrons. The third-order valence-corrected chi connectivity index (χ3v) is 2.12. The summed E-state index contributed by atoms with van der Waals surface area (Å²) in [6.45, 7) is 4.60. The van der Waals surface area contributed by atoms with Crippen LogP contribution in [0.2, 0.25) is 0 Å². The van der Waals surface area contributed by atoms with Gasteiger partial charge in [-0.15, -0.1) is 0 Å². The quantitative estimate of drug-likeness (QED) is 0.796. The van der Waals surface area contributed by atoms with Crippen LogP contribution in [-0.2, 0) is 4.79 Å². The van der Waals surface area contributed by atoms with Gasteiger partial charge in [0, 0.05) is 0 Å². The van der Waals surface area contributed by atoms with Crippen molar-refractivity contribution in [1.29, 1.82) is 0 Å². The molecule has 0 aromatic heterocycles. The van der Waals surface area contributed by atoms with Gasteiger partial charge < -0.3 is 15.2 Å². The molecule has 4 nitrogen and oxygen atoms in total. The molecular formula is C12H17NO3. The second-order valence-corrected chi connectivity index (χ2v) is 3.52. The number of benzene rings is 1. The van der Waals surface area contributed by atoms with E-state index in [4.69, 9.17) is 15.2 Å². The van der Waals surface area contributed by atoms with E-state index in [-0.39, 0.29) is 11.8 Å². The fraction of sp³-hybridized carbons (Fsp3) is 0.417. The van der Waals surface area contributed by atoms with Crippen molar-refractivity contribution in [3.05, 3.63) is 24.3 Å². The van der Waals surface area contributed by atoms with Gasteiger partial charge in [0.2, 0.25) is 5.91 Å². The topological polar surface area (TPSA) is 61.6 Å². The van der Waals surface area contributed by atoms with Crippen molar-refractivity contribution in [2.75, 3.05) is 13.2 Å². The molecule has 2 N–H and O–H groups in total. The number of rotatable bonds is 6. The molecule has 0 fully saturated rings. The van der Waals surface area contributed by atoms with E-state index in [1.807, 2.05) is 19.1 Å². The molecule has 0 aliphatic rings. The van der Waals surface area contributed by atoms with E-state index in [0.717, 1.165) is 5.75 Å². The maximum atomic E-state index is 10.8. The average Bonchev–Trinajstić information content (AvgIpc) is 2.28. The van der Waals surface area contributed by atoms with Crippen molar-refractivity contribution in [1.82, 2.24) is 0 Å². The Morgan fingerprint density at radius 3 is 2.19 bits per heavy atom. The lowest BCUT2D eigenvalue weighted by Gasteiger charge is -2.10. The van der Waals surface area contributed by atoms with Gasteiger partial charge in [-0.05, 0) is 31.2 Å². The van der Waals surface area contributed by atoms with Gasteiger partial charge in [-0.3, -0.25) is 4.79 Å². The number of carbonyl (C=O) groups excluding carboxylic acids is 1. The first kappa shape index (κ1) is 12.4. The lowest BCUT2D eigenvalue weighted by atomic mass is 10.2. The predicted molar refractivity (Wildman–Crippen MR) is 61.5 cm³/mol. The van der Waals surface area contributed by atoms with Crippen LogP contribution < -0.4 is 15.2 Å². The third-order valence-electron chi connectivity index (χ3n) is 2.12. The van der Waals surface area contributed by atoms with Gasteiger partial charge in [0.25, 0.3) is 0 Å². The fourth-order valence-electron chi connectivity index (χ4n) is 1.10. The summed E-state index contributed by atoms with van der Waals surface area (Å²) in [4.78, 5) is 10.8. The van der Waals surface area contributed by atoms with Gasteiger partial charge >= 0.3 is 0 Å². The fourth-order valence-corrected chi connectivity index (χ4v) is 1.10. The minimum Gasteiger partial charge on any atom is -0.494 e. The van der Waals surface area contributed by atoms with E-state index in [0.29, 0.717) is 19.0 Å². The van der Waals surface area contributed by atoms with E-state index >= 15 is 0 Å². The highest BCUT2D eigenvalue weighted by Gasteiger charge is 2.09. The number of primary amides is 1. The van der Waals surface area contributed by atoms with Gasteiger partial charge in [-0.25, -0.2) is 0 Å². The zero-order valence-corrected chi connectivity index (χ0v) is 9.60. The number of hydrogen-bond donors (Lipinski definition) is 1. The van der Waals surface area contributed by atoms with Crippen LogP contribution in [0, 0.1) is 5.92 Å². The summed E-state index contributed by atoms with van der Waals surface area (Å²) in [5.74, 6) is 0.867. The molecule has 0 aliphatic heterocycles. The first-order chi connectivity index (χ1) is 7.63. The Bertz CT molecular complexity index is 335. The number of ether oxygens (including phenoxy) is 2. The van der Waals surface area contributed by atoms with E-state index < -0.39 is 0 Å². The van der Waals surface area contributed by atoms with Crippen LogP contribution in [0.1, 0.15) is 13.8 Å². The van der Waals surface area contributed by atoms with E-state index in [2.05, 4.69) is 0 Å². The van der Waals surface area contributed by atoms with E-state index in [1.54, 1.807) is 19.1 Å². The highest BCUT2D eigenvalue weighted by atomic mass is 16.5. The third kappa shape index (κ3) is 3.81. The van der Waals surface area contributed by atoms with Crippen LogP contribution in [0.5, 0.6) is 11.5 Å². The van der Waals surface area contributed by atoms with E-state index in [9.17, 15) is 4.79 Å². The predicted octanol–water partition coefficient (Wildman–Crippen LogP) is 1.59. The second-order valence-electron chi connectivity index (χ2n) is 3.52. The molecule has 0 heterocycles. The van der Waals surface area contributed by atoms with Gasteiger partial charge in [0.1, 0.15) is 11.5 Å². The second kappa shape index (κ2) is 6.00. The maximum absolute atomic E-state index is 10.8. The summed E-state index contributed by atoms with van der Waals surface area (Å²) >= 11 is 0. The molecular weight excluding hydrogens is 206 g/mol. The van der Waals surface area contributed by atoms with Crippen molar-refractivity contribution < 1.29 is 14.3 Å². The Labute approximate surface area is 95.3 Å². The molecule has 1 atom stereocenters. The Kier molecular flexibility index (Phi) is 4.64. The molecule has 0 spiro atoms. The highest BCUT2D eigenvalue weighted by Crippen LogP contribution is 2.17. The van der Waals surface area contributed by atoms with Crippen LogP contribution in [0.4, 0.5) is 0 Å². The molecule has 1 rings (SSSR count). The molecule has 0 aliphatic carbocycles. The number of amides is 1. The van der Waals surface area contributed by atoms with Crippen LogP contribution in [0.3, 0.4) is 0 Å². The van der Waals surface area contributed by atoms with E-state index in [1.165, 1.54) is 0 Å². The molecule has 88 valence electrons. The molecule has 4 heteroatoms. The largest absolute Gasteiger partial charge is 0.494 e. The molecule has 0 saturated carbocycles. The SMILES string of the molecule is CCOc1ccc(OCC(C)C(N)=O)cc1. The average molecular weight is 223 g/mol. The molecule has 0 bridgehead atoms. The van der Waals surface area contributed by atoms with Crippen molar-refractivity contribution in [2.24, 2.45) is 11.7 Å². The van der Waals surface area contributed by atoms with Crippen molar-refractivity contribution in [3.8, 4) is 11.5 Å². The molecule has 16 heavy (non-hydrogen) atoms. The Morgan fingerprint density at radius 1 is 1.25 bits per heavy atom. The maximum Gasteiger partial charge on any atom is 0.223 e. The van der Waals surface area contributed by atoms with Crippen molar-refractivity contribution in [2.45, 2.75) is 13.8 Å². The molecule has 1 amide bonds. The molecule has 1 unspecified atom stereocenters. The summed E-state index contributed by atoms with van der Waals surface area (Å²) < 4.78 is 10.7. The summed E-state index contributed by atoms with van der Waals surface area (Å²) in [6.07, 6.45) is 0. The lowest BCUT2D eigenvalue weighted by molar-refractivity contribution is -0.122. The van der Waals surface area contributed by atoms with Gasteiger partial charge in [0.05, 0.1) is 19.1 Å². The normalized spacial score (nSPS) is 11.9. The minimum atomic E-state index is -0.356. The van der Waals surface area contributed by atoms with Gasteiger partial charge in [0.15, 0.2) is 0 Å². The van der Waals surface area contributed by atoms with Crippen LogP contribution in [0.25, 0.3) is 0 Å². The Balaban J connectivity index is 2.46. The van der Waals surface area contributed by atoms with Crippen LogP contribution in [0.15, 0.2) is 24.3 Å². The monoisotopic (exact) mass is 223 g/mol. The first-order valence-electron chi connectivity index (χ1n) is 5.28. The van der Waals surface area contributed by atoms with Crippen molar-refractivity contribution >= 4 is 5.91 Å². The standard InChI is InChI=1S/C12H17NO3/c1-3-15-10-4-6-11(7-5-10)16-8-9(2)12(13)14/h4-7,9H,3,8H2,1-2H3,(H2,13,14). The molecule has 1 aromatic rings. The summed E-state index contributed by atoms with van der Waals surface area (Å²) in [6, 6.07) is 7.26.